The Bertz CT molecular complexity index is 3870. The Balaban J connectivity index is 0.913. The van der Waals surface area contributed by atoms with E-state index in [1.54, 1.807) is 146 Å². The molecule has 107 heavy (non-hydrogen) atoms. The van der Waals surface area contributed by atoms with Crippen LogP contribution in [0.2, 0.25) is 0 Å². The summed E-state index contributed by atoms with van der Waals surface area (Å²) in [7, 11) is 1.27. The Morgan fingerprint density at radius 3 is 1.05 bits per heavy atom. The first kappa shape index (κ1) is 79.4. The highest BCUT2D eigenvalue weighted by molar-refractivity contribution is 5.74. The lowest BCUT2D eigenvalue weighted by Crippen LogP contribution is -2.69. The molecule has 0 amide bonds. The average molecular weight is 1490 g/mol. The number of azide groups is 3. The highest BCUT2D eigenvalue weighted by Crippen LogP contribution is 2.41. The summed E-state index contributed by atoms with van der Waals surface area (Å²) in [4.78, 5) is 36.9. The smallest absolute Gasteiger partial charge is 0.335 e. The van der Waals surface area contributed by atoms with Crippen molar-refractivity contribution in [3.63, 3.8) is 0 Å². The van der Waals surface area contributed by atoms with Crippen LogP contribution in [0.1, 0.15) is 33.4 Å². The van der Waals surface area contributed by atoms with Crippen LogP contribution >= 0.6 is 0 Å². The van der Waals surface area contributed by atoms with E-state index in [0.29, 0.717) is 27.8 Å². The maximum Gasteiger partial charge on any atom is 0.335 e. The fourth-order valence-corrected chi connectivity index (χ4v) is 13.3. The highest BCUT2D eigenvalue weighted by Gasteiger charge is 2.60. The van der Waals surface area contributed by atoms with E-state index in [1.165, 1.54) is 7.11 Å². The van der Waals surface area contributed by atoms with E-state index in [-0.39, 0.29) is 39.6 Å². The van der Waals surface area contributed by atoms with Crippen molar-refractivity contribution in [1.29, 1.82) is 0 Å². The largest absolute Gasteiger partial charge is 0.479 e. The Kier molecular flexibility index (Phi) is 29.3. The summed E-state index contributed by atoms with van der Waals surface area (Å²) in [6, 6.07) is 47.9. The summed E-state index contributed by atoms with van der Waals surface area (Å²) >= 11 is 0. The molecular weight excluding hydrogens is 1400 g/mol. The Hall–Kier alpha value is -8.65. The molecule has 0 radical (unpaired) electrons. The van der Waals surface area contributed by atoms with Gasteiger partial charge in [-0.1, -0.05) is 197 Å². The van der Waals surface area contributed by atoms with Crippen LogP contribution in [0.4, 0.5) is 0 Å². The molecule has 6 aromatic carbocycles. The third-order valence-corrected chi connectivity index (χ3v) is 18.6. The van der Waals surface area contributed by atoms with Crippen molar-refractivity contribution in [3.05, 3.63) is 247 Å². The minimum absolute atomic E-state index is 0.0138. The van der Waals surface area contributed by atoms with E-state index >= 15 is 0 Å². The molecule has 10 unspecified atom stereocenters. The number of carbonyl (C=O) groups is 2. The maximum atomic E-state index is 14.1. The minimum atomic E-state index is -2.23. The molecule has 5 heterocycles. The van der Waals surface area contributed by atoms with Crippen LogP contribution in [0.25, 0.3) is 31.3 Å². The molecule has 25 atom stereocenters. The predicted molar refractivity (Wildman–Crippen MR) is 367 cm³/mol. The molecular formula is C73H83N9O25. The number of aliphatic hydroxyl groups is 5. The van der Waals surface area contributed by atoms with Gasteiger partial charge in [0.15, 0.2) is 43.7 Å². The third-order valence-electron chi connectivity index (χ3n) is 18.6. The van der Waals surface area contributed by atoms with E-state index in [1.807, 2.05) is 36.4 Å². The van der Waals surface area contributed by atoms with Gasteiger partial charge in [-0.3, -0.25) is 0 Å². The van der Waals surface area contributed by atoms with Crippen LogP contribution in [0.3, 0.4) is 0 Å². The van der Waals surface area contributed by atoms with Crippen LogP contribution in [0, 0.1) is 0 Å². The van der Waals surface area contributed by atoms with Crippen molar-refractivity contribution in [2.75, 3.05) is 26.9 Å². The molecule has 0 saturated carbocycles. The van der Waals surface area contributed by atoms with Gasteiger partial charge in [0.1, 0.15) is 104 Å². The molecule has 0 spiro atoms. The standard InChI is InChI=1S/C73H83N9O25/c1-92-69-51(78-81-75)59(95-37-43-24-12-4-13-25-43)57(49(34-85)99-69)103-72-54(87)60(96-38-44-26-14-5-15-27-44)62(64(106-72)67(88)89)104-70-50(77-80-74)53(86)55(47(32-83)100-70)102-73-66(98-40-46-30-18-7-19-31-46)61(97-39-45-28-16-6-17-29-45)63(65(107-73)68(90)91)105-71-52(79-82-76)58(94-36-42-22-10-3-11-23-42)56(48(33-84)101-71)93-35-41-20-8-2-9-21-41/h2-31,47-66,69-73,83-87H,32-40H2,1H3,(H,88,89)(H,90,91)/t47?,48?,49?,50-,51-,52?,53?,54?,55+,56+,57+,58+,59?,60-,61-,62-,63-,64?,65?,66?,69-,70-,71+,72+,73+/m0/s1. The number of benzene rings is 6. The van der Waals surface area contributed by atoms with Crippen LogP contribution in [0.15, 0.2) is 197 Å². The summed E-state index contributed by atoms with van der Waals surface area (Å²) in [5.41, 5.74) is 34.1. The molecule has 570 valence electrons. The van der Waals surface area contributed by atoms with Crippen molar-refractivity contribution in [2.24, 2.45) is 15.3 Å². The van der Waals surface area contributed by atoms with E-state index in [4.69, 9.17) is 75.8 Å². The number of ether oxygens (including phenoxy) is 16. The second-order valence-electron chi connectivity index (χ2n) is 25.5. The first-order chi connectivity index (χ1) is 52.3. The Morgan fingerprint density at radius 1 is 0.346 bits per heavy atom. The van der Waals surface area contributed by atoms with Gasteiger partial charge in [-0.15, -0.1) is 0 Å². The van der Waals surface area contributed by atoms with E-state index < -0.39 is 185 Å². The number of carboxylic acids is 2. The van der Waals surface area contributed by atoms with Gasteiger partial charge >= 0.3 is 11.9 Å². The second kappa shape index (κ2) is 39.5. The van der Waals surface area contributed by atoms with Crippen molar-refractivity contribution >= 4 is 11.9 Å². The fourth-order valence-electron chi connectivity index (χ4n) is 13.3. The summed E-state index contributed by atoms with van der Waals surface area (Å²) in [6.07, 6.45) is -38.5. The number of hydrogen-bond acceptors (Lipinski definition) is 26. The first-order valence-corrected chi connectivity index (χ1v) is 34.4. The van der Waals surface area contributed by atoms with Crippen molar-refractivity contribution < 1.29 is 121 Å². The number of carboxylic acid groups (broad SMARTS) is 2. The summed E-state index contributed by atoms with van der Waals surface area (Å²) < 4.78 is 102. The molecule has 6 aromatic rings. The van der Waals surface area contributed by atoms with Crippen molar-refractivity contribution in [2.45, 2.75) is 193 Å². The molecule has 0 bridgehead atoms. The number of aliphatic hydroxyl groups excluding tert-OH is 5. The summed E-state index contributed by atoms with van der Waals surface area (Å²) in [5, 5.41) is 93.1. The van der Waals surface area contributed by atoms with Gasteiger partial charge in [0.25, 0.3) is 0 Å². The Labute approximate surface area is 612 Å². The number of rotatable bonds is 35. The minimum Gasteiger partial charge on any atom is -0.479 e. The zero-order valence-corrected chi connectivity index (χ0v) is 57.6. The van der Waals surface area contributed by atoms with E-state index in [0.717, 1.165) is 5.56 Å². The van der Waals surface area contributed by atoms with E-state index in [9.17, 15) is 61.9 Å². The molecule has 5 aliphatic rings. The normalized spacial score (nSPS) is 32.8. The molecule has 34 nitrogen and oxygen atoms in total. The van der Waals surface area contributed by atoms with Gasteiger partial charge in [0.2, 0.25) is 0 Å². The van der Waals surface area contributed by atoms with Gasteiger partial charge in [-0.2, -0.15) is 0 Å². The molecule has 5 aliphatic heterocycles. The molecule has 5 saturated heterocycles. The van der Waals surface area contributed by atoms with Crippen molar-refractivity contribution in [3.8, 4) is 0 Å². The van der Waals surface area contributed by atoms with Crippen LogP contribution in [-0.2, 0) is 125 Å². The van der Waals surface area contributed by atoms with Crippen LogP contribution in [-0.4, -0.2) is 228 Å². The third kappa shape index (κ3) is 20.0. The van der Waals surface area contributed by atoms with Crippen molar-refractivity contribution in [1.82, 2.24) is 0 Å². The lowest BCUT2D eigenvalue weighted by Gasteiger charge is -2.51. The topological polar surface area (TPSA) is 470 Å². The molecule has 5 fully saturated rings. The number of nitrogens with zero attached hydrogens (tertiary/aromatic N) is 9. The van der Waals surface area contributed by atoms with Crippen LogP contribution in [0.5, 0.6) is 0 Å². The number of aliphatic carboxylic acids is 2. The molecule has 34 heteroatoms. The summed E-state index contributed by atoms with van der Waals surface area (Å²) in [5.74, 6) is -3.44. The first-order valence-electron chi connectivity index (χ1n) is 34.4. The lowest BCUT2D eigenvalue weighted by atomic mass is 9.93. The van der Waals surface area contributed by atoms with Gasteiger partial charge in [0.05, 0.1) is 65.6 Å². The van der Waals surface area contributed by atoms with Gasteiger partial charge in [-0.25, -0.2) is 9.59 Å². The predicted octanol–water partition coefficient (Wildman–Crippen LogP) is 6.22. The zero-order valence-electron chi connectivity index (χ0n) is 57.6. The van der Waals surface area contributed by atoms with Gasteiger partial charge in [0, 0.05) is 21.8 Å². The van der Waals surface area contributed by atoms with E-state index in [2.05, 4.69) is 30.1 Å². The number of methoxy groups -OCH3 is 1. The SMILES string of the molecule is CO[C@H]1OC(CO)[C@@H](O[C@@H]2OC(C(=O)O)[C@@H](O[C@@H]3OC(CO)[C@@H](O[C@@H]4OC(C(=O)O)[C@@H](O[C@H]5OC(CO)[C@@H](OCc6ccccc6)[C@H](OCc6ccccc6)C5N=[N+]=[N-])[C@H](OCc5ccccc5)C4OCc4ccccc4)C(O)[C@@H]3N=[N+]=[N-])[C@@H](OCc3ccccc3)C2O)C(OCc2ccccc2)[C@@H]1N=[N+]=[N-]. The lowest BCUT2D eigenvalue weighted by molar-refractivity contribution is -0.382. The monoisotopic (exact) mass is 1490 g/mol. The van der Waals surface area contributed by atoms with Gasteiger partial charge in [-0.05, 0) is 50.0 Å². The molecule has 0 aromatic heterocycles. The Morgan fingerprint density at radius 2 is 0.645 bits per heavy atom. The fraction of sp³-hybridized carbons (Fsp3) is 0.479. The quantitative estimate of drug-likeness (QED) is 0.0132. The molecule has 7 N–H and O–H groups in total. The number of hydrogen-bond donors (Lipinski definition) is 7. The molecule has 11 rings (SSSR count). The molecule has 0 aliphatic carbocycles. The highest BCUT2D eigenvalue weighted by atomic mass is 16.8. The second-order valence-corrected chi connectivity index (χ2v) is 25.5. The average Bonchev–Trinajstić information content (AvgIpc) is 0.765. The zero-order chi connectivity index (χ0) is 75.2. The summed E-state index contributed by atoms with van der Waals surface area (Å²) in [6.45, 7) is -3.62. The van der Waals surface area contributed by atoms with Gasteiger partial charge < -0.3 is 112 Å². The maximum absolute atomic E-state index is 14.1. The van der Waals surface area contributed by atoms with Crippen LogP contribution < -0.4 is 0 Å².